The van der Waals surface area contributed by atoms with E-state index in [1.807, 2.05) is 0 Å². The van der Waals surface area contributed by atoms with Gasteiger partial charge in [0.05, 0.1) is 0 Å². The average Bonchev–Trinajstić information content (AvgIpc) is 3.25. The molecule has 0 unspecified atom stereocenters. The van der Waals surface area contributed by atoms with Gasteiger partial charge in [0.25, 0.3) is 6.71 Å². The highest BCUT2D eigenvalue weighted by Crippen LogP contribution is 2.49. The zero-order valence-corrected chi connectivity index (χ0v) is 29.6. The van der Waals surface area contributed by atoms with Crippen molar-refractivity contribution in [1.82, 2.24) is 15.0 Å². The van der Waals surface area contributed by atoms with E-state index in [2.05, 4.69) is 185 Å². The van der Waals surface area contributed by atoms with Crippen molar-refractivity contribution in [2.45, 2.75) is 0 Å². The summed E-state index contributed by atoms with van der Waals surface area (Å²) in [6.07, 6.45) is 3.17. The first kappa shape index (κ1) is 30.2. The Morgan fingerprint density at radius 2 is 0.836 bits per heavy atom. The van der Waals surface area contributed by atoms with Crippen LogP contribution in [0.2, 0.25) is 0 Å². The van der Waals surface area contributed by atoms with Gasteiger partial charge in [-0.25, -0.2) is 15.0 Å². The molecule has 2 aliphatic rings. The van der Waals surface area contributed by atoms with Crippen LogP contribution >= 0.6 is 0 Å². The number of fused-ring (bicyclic) bond motifs is 10. The zero-order valence-electron chi connectivity index (χ0n) is 29.6. The molecule has 0 aliphatic carbocycles. The van der Waals surface area contributed by atoms with Crippen LogP contribution in [0, 0.1) is 0 Å². The molecule has 0 spiro atoms. The van der Waals surface area contributed by atoms with Gasteiger partial charge in [-0.15, -0.1) is 0 Å². The molecule has 2 aliphatic heterocycles. The Labute approximate surface area is 317 Å². The maximum atomic E-state index is 4.70. The molecule has 0 atom stereocenters. The quantitative estimate of drug-likeness (QED) is 0.136. The average molecular weight is 700 g/mol. The summed E-state index contributed by atoms with van der Waals surface area (Å²) in [7, 11) is 0. The highest BCUT2D eigenvalue weighted by Gasteiger charge is 2.44. The Balaban J connectivity index is 1.27. The van der Waals surface area contributed by atoms with Crippen LogP contribution in [0.25, 0.3) is 54.5 Å². The van der Waals surface area contributed by atoms with E-state index >= 15 is 0 Å². The summed E-state index contributed by atoms with van der Waals surface area (Å²) in [5.41, 5.74) is 11.6. The van der Waals surface area contributed by atoms with Gasteiger partial charge in [0.1, 0.15) is 12.7 Å². The van der Waals surface area contributed by atoms with E-state index in [4.69, 9.17) is 9.97 Å². The molecule has 12 rings (SSSR count). The maximum absolute atomic E-state index is 4.70. The van der Waals surface area contributed by atoms with E-state index in [0.29, 0.717) is 5.82 Å². The summed E-state index contributed by atoms with van der Waals surface area (Å²) in [6, 6.07) is 62.4. The van der Waals surface area contributed by atoms with Gasteiger partial charge in [0.2, 0.25) is 0 Å². The van der Waals surface area contributed by atoms with Crippen LogP contribution in [0.15, 0.2) is 183 Å². The zero-order chi connectivity index (χ0) is 36.0. The Bertz CT molecular complexity index is 2980. The van der Waals surface area contributed by atoms with Gasteiger partial charge < -0.3 is 9.80 Å². The van der Waals surface area contributed by atoms with E-state index in [1.54, 1.807) is 12.7 Å². The highest BCUT2D eigenvalue weighted by molar-refractivity contribution is 7.00. The predicted octanol–water partition coefficient (Wildman–Crippen LogP) is 10.2. The van der Waals surface area contributed by atoms with Gasteiger partial charge in [0, 0.05) is 50.5 Å². The van der Waals surface area contributed by atoms with Crippen LogP contribution in [0.4, 0.5) is 34.1 Å². The number of hydrogen-bond donors (Lipinski definition) is 0. The Hall–Kier alpha value is -7.31. The minimum absolute atomic E-state index is 0.0472. The summed E-state index contributed by atoms with van der Waals surface area (Å²) >= 11 is 0. The molecule has 0 radical (unpaired) electrons. The molecule has 9 aromatic carbocycles. The van der Waals surface area contributed by atoms with Gasteiger partial charge in [-0.3, -0.25) is 0 Å². The first-order chi connectivity index (χ1) is 27.3. The van der Waals surface area contributed by atoms with E-state index in [-0.39, 0.29) is 6.71 Å². The standard InChI is InChI=1S/C49H30BN5/c1-3-15-38(16-4-1)54-44-27-37(49-52-29-51-30-53-49)28-45-46(44)50(42-21-19-35-23-31-11-7-9-13-33(31)25-40(35)47(42)54)43-22-20-36-24-32-12-8-10-14-34(32)26-41(36)48(43)55(45)39-17-5-2-6-18-39/h1-30H. The molecule has 1 aromatic heterocycles. The van der Waals surface area contributed by atoms with E-state index in [9.17, 15) is 0 Å². The number of hydrogen-bond acceptors (Lipinski definition) is 5. The molecule has 0 bridgehead atoms. The normalized spacial score (nSPS) is 13.0. The SMILES string of the molecule is c1ccc(N2c3cc(-c4ncncn4)cc4c3B(c3ccc5cc6ccccc6cc5c32)c2ccc3cc5ccccc5cc3c2N4c2ccccc2)cc1. The van der Waals surface area contributed by atoms with Crippen LogP contribution in [0.5, 0.6) is 0 Å². The smallest absolute Gasteiger partial charge is 0.252 e. The fourth-order valence-electron chi connectivity index (χ4n) is 9.21. The molecule has 0 saturated carbocycles. The Morgan fingerprint density at radius 1 is 0.400 bits per heavy atom. The fraction of sp³-hybridized carbons (Fsp3) is 0. The molecule has 0 N–H and O–H groups in total. The second-order valence-electron chi connectivity index (χ2n) is 14.5. The lowest BCUT2D eigenvalue weighted by atomic mass is 9.33. The lowest BCUT2D eigenvalue weighted by molar-refractivity contribution is 1.06. The number of rotatable bonds is 3. The van der Waals surface area contributed by atoms with E-state index in [1.165, 1.54) is 70.9 Å². The summed E-state index contributed by atoms with van der Waals surface area (Å²) in [4.78, 5) is 18.6. The highest BCUT2D eigenvalue weighted by atomic mass is 15.2. The molecule has 6 heteroatoms. The van der Waals surface area contributed by atoms with Crippen molar-refractivity contribution in [2.75, 3.05) is 9.80 Å². The van der Waals surface area contributed by atoms with Crippen LogP contribution < -0.4 is 26.2 Å². The number of benzene rings is 9. The van der Waals surface area contributed by atoms with Crippen LogP contribution in [0.3, 0.4) is 0 Å². The predicted molar refractivity (Wildman–Crippen MR) is 229 cm³/mol. The van der Waals surface area contributed by atoms with Gasteiger partial charge in [-0.05, 0) is 109 Å². The van der Waals surface area contributed by atoms with Crippen molar-refractivity contribution in [2.24, 2.45) is 0 Å². The van der Waals surface area contributed by atoms with Crippen molar-refractivity contribution < 1.29 is 0 Å². The third-order valence-corrected chi connectivity index (χ3v) is 11.5. The molecule has 0 fully saturated rings. The molecule has 3 heterocycles. The van der Waals surface area contributed by atoms with Crippen molar-refractivity contribution in [3.63, 3.8) is 0 Å². The van der Waals surface area contributed by atoms with Gasteiger partial charge >= 0.3 is 0 Å². The van der Waals surface area contributed by atoms with Crippen LogP contribution in [0.1, 0.15) is 0 Å². The topological polar surface area (TPSA) is 45.2 Å². The number of anilines is 6. The molecule has 0 amide bonds. The number of aromatic nitrogens is 3. The molecular weight excluding hydrogens is 669 g/mol. The summed E-state index contributed by atoms with van der Waals surface area (Å²) in [5.74, 6) is 0.635. The largest absolute Gasteiger partial charge is 0.311 e. The van der Waals surface area contributed by atoms with Gasteiger partial charge in [-0.2, -0.15) is 0 Å². The van der Waals surface area contributed by atoms with Crippen molar-refractivity contribution in [3.8, 4) is 11.4 Å². The minimum atomic E-state index is -0.0472. The minimum Gasteiger partial charge on any atom is -0.311 e. The van der Waals surface area contributed by atoms with Crippen LogP contribution in [-0.4, -0.2) is 21.7 Å². The molecule has 5 nitrogen and oxygen atoms in total. The van der Waals surface area contributed by atoms with Crippen molar-refractivity contribution >= 4 is 100 Å². The summed E-state index contributed by atoms with van der Waals surface area (Å²) in [5, 5.41) is 9.77. The lowest BCUT2D eigenvalue weighted by Gasteiger charge is -2.45. The Morgan fingerprint density at radius 3 is 1.31 bits per heavy atom. The second kappa shape index (κ2) is 11.6. The first-order valence-electron chi connectivity index (χ1n) is 18.7. The van der Waals surface area contributed by atoms with Gasteiger partial charge in [0.15, 0.2) is 5.82 Å². The van der Waals surface area contributed by atoms with E-state index < -0.39 is 0 Å². The van der Waals surface area contributed by atoms with Crippen LogP contribution in [-0.2, 0) is 0 Å². The van der Waals surface area contributed by atoms with Crippen molar-refractivity contribution in [3.05, 3.63) is 183 Å². The second-order valence-corrected chi connectivity index (χ2v) is 14.5. The van der Waals surface area contributed by atoms with Crippen molar-refractivity contribution in [1.29, 1.82) is 0 Å². The molecule has 10 aromatic rings. The number of nitrogens with zero attached hydrogens (tertiary/aromatic N) is 5. The summed E-state index contributed by atoms with van der Waals surface area (Å²) < 4.78 is 0. The number of para-hydroxylation sites is 2. The van der Waals surface area contributed by atoms with Gasteiger partial charge in [-0.1, -0.05) is 109 Å². The maximum Gasteiger partial charge on any atom is 0.252 e. The van der Waals surface area contributed by atoms with E-state index in [0.717, 1.165) is 28.3 Å². The summed E-state index contributed by atoms with van der Waals surface area (Å²) in [6.45, 7) is -0.0472. The first-order valence-corrected chi connectivity index (χ1v) is 18.7. The monoisotopic (exact) mass is 699 g/mol. The molecule has 254 valence electrons. The molecular formula is C49H30BN5. The fourth-order valence-corrected chi connectivity index (χ4v) is 9.21. The Kier molecular flexibility index (Phi) is 6.36. The third kappa shape index (κ3) is 4.46. The lowest BCUT2D eigenvalue weighted by Crippen LogP contribution is -2.61. The molecule has 55 heavy (non-hydrogen) atoms. The third-order valence-electron chi connectivity index (χ3n) is 11.5. The molecule has 0 saturated heterocycles.